The molecule has 0 aliphatic carbocycles. The van der Waals surface area contributed by atoms with Crippen LogP contribution in [-0.2, 0) is 14.8 Å². The highest BCUT2D eigenvalue weighted by Crippen LogP contribution is 2.46. The molecule has 0 saturated carbocycles. The van der Waals surface area contributed by atoms with Crippen LogP contribution in [0.25, 0.3) is 21.8 Å². The summed E-state index contributed by atoms with van der Waals surface area (Å²) in [5.41, 5.74) is 0.442. The van der Waals surface area contributed by atoms with Crippen LogP contribution < -0.4 is 5.32 Å². The minimum atomic E-state index is -4.08. The minimum absolute atomic E-state index is 0.0510. The first-order valence-corrected chi connectivity index (χ1v) is 16.7. The maximum atomic E-state index is 14.1. The van der Waals surface area contributed by atoms with Gasteiger partial charge in [0.1, 0.15) is 17.4 Å². The van der Waals surface area contributed by atoms with Gasteiger partial charge in [-0.1, -0.05) is 75.4 Å². The summed E-state index contributed by atoms with van der Waals surface area (Å²) in [7, 11) is -4.08. The second kappa shape index (κ2) is 10.3. The molecule has 4 heterocycles. The van der Waals surface area contributed by atoms with Crippen LogP contribution in [0.4, 0.5) is 0 Å². The van der Waals surface area contributed by atoms with Crippen molar-refractivity contribution in [2.75, 3.05) is 13.1 Å². The number of aromatic nitrogens is 2. The molecule has 11 heteroatoms. The number of piperazine rings is 1. The quantitative estimate of drug-likeness (QED) is 0.281. The van der Waals surface area contributed by atoms with Crippen molar-refractivity contribution < 1.29 is 22.8 Å². The van der Waals surface area contributed by atoms with Crippen molar-refractivity contribution in [2.45, 2.75) is 50.2 Å². The molecule has 0 spiro atoms. The zero-order valence-corrected chi connectivity index (χ0v) is 26.8. The van der Waals surface area contributed by atoms with Crippen molar-refractivity contribution in [1.29, 1.82) is 0 Å². The SMILES string of the molecule is CC(C)(C)[C@H](NC(=O)c1cc2ccccc2[nH]1)C(=O)N1C[C@H]2N(C(=O)c3cc4ccccc4n3S(=O)(=O)c3ccccc3)CC21C. The number of hydrogen-bond acceptors (Lipinski definition) is 5. The fraction of sp³-hybridized carbons (Fsp3) is 0.286. The largest absolute Gasteiger partial charge is 0.351 e. The maximum Gasteiger partial charge on any atom is 0.272 e. The average molecular weight is 638 g/mol. The average Bonchev–Trinajstić information content (AvgIpc) is 3.65. The summed E-state index contributed by atoms with van der Waals surface area (Å²) in [5.74, 6) is -1.00. The topological polar surface area (TPSA) is 125 Å². The molecule has 7 rings (SSSR count). The summed E-state index contributed by atoms with van der Waals surface area (Å²) in [6.07, 6.45) is 0. The lowest BCUT2D eigenvalue weighted by Crippen LogP contribution is -2.88. The van der Waals surface area contributed by atoms with Crippen molar-refractivity contribution in [3.63, 3.8) is 0 Å². The number of carbonyl (C=O) groups excluding carboxylic acids is 3. The standard InChI is InChI=1S/C35H35N5O5S/c1-34(2,3)30(37-31(41)26-18-22-12-8-10-16-25(22)36-26)33(43)39-20-29-35(39,4)21-38(29)32(42)28-19-23-13-9-11-17-27(23)40(28)46(44,45)24-14-6-5-7-15-24/h5-19,29-30,36H,20-21H2,1-4H3,(H,37,41)/t29-,30-,35?/m1/s1. The van der Waals surface area contributed by atoms with Crippen molar-refractivity contribution in [3.05, 3.63) is 102 Å². The van der Waals surface area contributed by atoms with Crippen LogP contribution >= 0.6 is 0 Å². The lowest BCUT2D eigenvalue weighted by Gasteiger charge is -2.69. The van der Waals surface area contributed by atoms with E-state index in [-0.39, 0.29) is 41.5 Å². The molecule has 3 amide bonds. The zero-order chi connectivity index (χ0) is 32.6. The first-order valence-electron chi connectivity index (χ1n) is 15.2. The number of H-pyrrole nitrogens is 1. The van der Waals surface area contributed by atoms with Crippen molar-refractivity contribution in [1.82, 2.24) is 24.1 Å². The van der Waals surface area contributed by atoms with Gasteiger partial charge in [0.15, 0.2) is 0 Å². The Morgan fingerprint density at radius 2 is 1.57 bits per heavy atom. The highest BCUT2D eigenvalue weighted by molar-refractivity contribution is 7.90. The first-order chi connectivity index (χ1) is 21.8. The number of amides is 3. The van der Waals surface area contributed by atoms with E-state index in [1.54, 1.807) is 64.4 Å². The van der Waals surface area contributed by atoms with E-state index < -0.39 is 32.9 Å². The summed E-state index contributed by atoms with van der Waals surface area (Å²) in [6.45, 7) is 8.16. The first kappa shape index (κ1) is 29.8. The number of benzene rings is 3. The number of hydrogen-bond donors (Lipinski definition) is 2. The molecule has 3 atom stereocenters. The van der Waals surface area contributed by atoms with E-state index in [9.17, 15) is 22.8 Å². The number of nitrogens with zero attached hydrogens (tertiary/aromatic N) is 3. The summed E-state index contributed by atoms with van der Waals surface area (Å²) in [4.78, 5) is 48.0. The molecule has 0 bridgehead atoms. The van der Waals surface area contributed by atoms with Crippen LogP contribution in [0.5, 0.6) is 0 Å². The van der Waals surface area contributed by atoms with Gasteiger partial charge in [-0.15, -0.1) is 0 Å². The Kier molecular flexibility index (Phi) is 6.68. The van der Waals surface area contributed by atoms with E-state index in [1.165, 1.54) is 12.1 Å². The number of nitrogens with one attached hydrogen (secondary N) is 2. The molecule has 10 nitrogen and oxygen atoms in total. The number of fused-ring (bicyclic) bond motifs is 3. The highest BCUT2D eigenvalue weighted by Gasteiger charge is 2.65. The molecule has 2 aliphatic heterocycles. The summed E-state index contributed by atoms with van der Waals surface area (Å²) in [6, 6.07) is 24.9. The van der Waals surface area contributed by atoms with Crippen LogP contribution in [0.2, 0.25) is 0 Å². The van der Waals surface area contributed by atoms with Crippen LogP contribution in [0.3, 0.4) is 0 Å². The van der Waals surface area contributed by atoms with Crippen molar-refractivity contribution >= 4 is 49.6 Å². The number of carbonyl (C=O) groups is 3. The second-order valence-electron chi connectivity index (χ2n) is 13.5. The fourth-order valence-electron chi connectivity index (χ4n) is 6.76. The Labute approximate surface area is 267 Å². The van der Waals surface area contributed by atoms with Gasteiger partial charge in [-0.25, -0.2) is 12.4 Å². The van der Waals surface area contributed by atoms with Gasteiger partial charge in [-0.05, 0) is 48.7 Å². The highest BCUT2D eigenvalue weighted by atomic mass is 32.2. The normalized spacial score (nSPS) is 20.1. The van der Waals surface area contributed by atoms with Gasteiger partial charge in [0.05, 0.1) is 22.0 Å². The molecular formula is C35H35N5O5S. The van der Waals surface area contributed by atoms with E-state index in [2.05, 4.69) is 10.3 Å². The number of aromatic amines is 1. The molecular weight excluding hydrogens is 602 g/mol. The monoisotopic (exact) mass is 637 g/mol. The minimum Gasteiger partial charge on any atom is -0.351 e. The van der Waals surface area contributed by atoms with Crippen LogP contribution in [0, 0.1) is 5.41 Å². The van der Waals surface area contributed by atoms with Crippen molar-refractivity contribution in [2.24, 2.45) is 5.41 Å². The van der Waals surface area contributed by atoms with Crippen LogP contribution in [-0.4, -0.2) is 75.6 Å². The lowest BCUT2D eigenvalue weighted by atomic mass is 9.70. The summed E-state index contributed by atoms with van der Waals surface area (Å²) >= 11 is 0. The van der Waals surface area contributed by atoms with E-state index in [0.29, 0.717) is 16.6 Å². The third-order valence-corrected chi connectivity index (χ3v) is 11.2. The third kappa shape index (κ3) is 4.52. The van der Waals surface area contributed by atoms with Gasteiger partial charge < -0.3 is 20.1 Å². The summed E-state index contributed by atoms with van der Waals surface area (Å²) in [5, 5.41) is 4.50. The van der Waals surface area contributed by atoms with E-state index in [4.69, 9.17) is 0 Å². The van der Waals surface area contributed by atoms with Gasteiger partial charge in [0, 0.05) is 29.4 Å². The second-order valence-corrected chi connectivity index (χ2v) is 15.3. The molecule has 2 aliphatic rings. The van der Waals surface area contributed by atoms with E-state index >= 15 is 0 Å². The van der Waals surface area contributed by atoms with E-state index in [0.717, 1.165) is 14.9 Å². The van der Waals surface area contributed by atoms with Gasteiger partial charge >= 0.3 is 0 Å². The summed E-state index contributed by atoms with van der Waals surface area (Å²) < 4.78 is 28.8. The predicted octanol–water partition coefficient (Wildman–Crippen LogP) is 4.63. The number of likely N-dealkylation sites (tertiary alicyclic amines) is 2. The molecule has 46 heavy (non-hydrogen) atoms. The number of para-hydroxylation sites is 2. The third-order valence-electron chi connectivity index (χ3n) is 9.41. The Balaban J connectivity index is 1.13. The fourth-order valence-corrected chi connectivity index (χ4v) is 8.29. The Hall–Kier alpha value is -4.90. The maximum absolute atomic E-state index is 14.1. The molecule has 236 valence electrons. The molecule has 2 N–H and O–H groups in total. The van der Waals surface area contributed by atoms with Gasteiger partial charge in [0.25, 0.3) is 21.8 Å². The lowest BCUT2D eigenvalue weighted by molar-refractivity contribution is -0.191. The number of rotatable bonds is 6. The van der Waals surface area contributed by atoms with Crippen molar-refractivity contribution in [3.8, 4) is 0 Å². The molecule has 0 radical (unpaired) electrons. The molecule has 2 fully saturated rings. The van der Waals surface area contributed by atoms with Gasteiger partial charge in [-0.3, -0.25) is 14.4 Å². The van der Waals surface area contributed by atoms with Gasteiger partial charge in [0.2, 0.25) is 5.91 Å². The van der Waals surface area contributed by atoms with E-state index in [1.807, 2.05) is 52.0 Å². The molecule has 1 unspecified atom stereocenters. The predicted molar refractivity (Wildman–Crippen MR) is 175 cm³/mol. The van der Waals surface area contributed by atoms with Gasteiger partial charge in [-0.2, -0.15) is 0 Å². The van der Waals surface area contributed by atoms with Crippen LogP contribution in [0.1, 0.15) is 48.7 Å². The molecule has 3 aromatic carbocycles. The smallest absolute Gasteiger partial charge is 0.272 e. The zero-order valence-electron chi connectivity index (χ0n) is 26.0. The Morgan fingerprint density at radius 1 is 0.913 bits per heavy atom. The molecule has 5 aromatic rings. The molecule has 2 saturated heterocycles. The Bertz CT molecular complexity index is 2110. The van der Waals surface area contributed by atoms with Crippen LogP contribution in [0.15, 0.2) is 95.9 Å². The Morgan fingerprint density at radius 3 is 2.22 bits per heavy atom. The molecule has 2 aromatic heterocycles.